The molecule has 1 aliphatic heterocycles. The predicted octanol–water partition coefficient (Wildman–Crippen LogP) is 12.7. The number of furan rings is 1. The average molecular weight is 723 g/mol. The average Bonchev–Trinajstić information content (AvgIpc) is 3.94. The molecule has 3 aromatic heterocycles. The van der Waals surface area contributed by atoms with Gasteiger partial charge in [-0.2, -0.15) is 0 Å². The first kappa shape index (κ1) is 30.4. The first-order valence-electron chi connectivity index (χ1n) is 18.5. The molecule has 12 rings (SSSR count). The highest BCUT2D eigenvalue weighted by atomic mass is 32.1. The van der Waals surface area contributed by atoms with E-state index in [9.17, 15) is 0 Å². The molecule has 0 aliphatic carbocycles. The van der Waals surface area contributed by atoms with Crippen molar-refractivity contribution < 1.29 is 4.42 Å². The fraction of sp³-hybridized carbons (Fsp3) is 0.0204. The summed E-state index contributed by atoms with van der Waals surface area (Å²) < 4.78 is 12.3. The number of hydrogen-bond donors (Lipinski definition) is 1. The van der Waals surface area contributed by atoms with Crippen LogP contribution in [0.15, 0.2) is 184 Å². The van der Waals surface area contributed by atoms with Crippen LogP contribution in [0.4, 0.5) is 0 Å². The lowest BCUT2D eigenvalue weighted by molar-refractivity contribution is 0.658. The van der Waals surface area contributed by atoms with Crippen molar-refractivity contribution in [3.8, 4) is 5.69 Å². The van der Waals surface area contributed by atoms with Crippen LogP contribution in [0.2, 0.25) is 0 Å². The number of para-hydroxylation sites is 2. The fourth-order valence-corrected chi connectivity index (χ4v) is 9.81. The van der Waals surface area contributed by atoms with E-state index < -0.39 is 0 Å². The molecule has 0 spiro atoms. The number of rotatable bonds is 4. The van der Waals surface area contributed by atoms with Gasteiger partial charge in [-0.1, -0.05) is 146 Å². The second-order valence-electron chi connectivity index (χ2n) is 14.1. The molecule has 0 radical (unpaired) electrons. The van der Waals surface area contributed by atoms with Crippen LogP contribution in [0.5, 0.6) is 0 Å². The molecule has 258 valence electrons. The molecule has 1 atom stereocenters. The fourth-order valence-electron chi connectivity index (χ4n) is 8.57. The van der Waals surface area contributed by atoms with Crippen LogP contribution >= 0.6 is 11.3 Å². The van der Waals surface area contributed by atoms with Crippen molar-refractivity contribution in [3.05, 3.63) is 187 Å². The lowest BCUT2D eigenvalue weighted by Gasteiger charge is -2.24. The zero-order valence-corrected chi connectivity index (χ0v) is 30.2. The Morgan fingerprint density at radius 3 is 2.16 bits per heavy atom. The van der Waals surface area contributed by atoms with E-state index in [1.165, 1.54) is 36.5 Å². The molecule has 0 fully saturated rings. The van der Waals surface area contributed by atoms with Crippen molar-refractivity contribution >= 4 is 97.7 Å². The summed E-state index contributed by atoms with van der Waals surface area (Å²) in [5.41, 5.74) is 7.90. The van der Waals surface area contributed by atoms with Crippen LogP contribution in [-0.4, -0.2) is 16.2 Å². The normalized spacial score (nSPS) is 14.7. The van der Waals surface area contributed by atoms with Gasteiger partial charge in [0.15, 0.2) is 11.4 Å². The highest BCUT2D eigenvalue weighted by Crippen LogP contribution is 2.45. The van der Waals surface area contributed by atoms with Crippen LogP contribution in [-0.2, 0) is 0 Å². The monoisotopic (exact) mass is 722 g/mol. The number of aromatic nitrogens is 1. The number of benzene rings is 8. The number of fused-ring (bicyclic) bond motifs is 12. The van der Waals surface area contributed by atoms with E-state index in [4.69, 9.17) is 14.4 Å². The van der Waals surface area contributed by atoms with E-state index >= 15 is 0 Å². The molecule has 1 N–H and O–H groups in total. The summed E-state index contributed by atoms with van der Waals surface area (Å²) >= 11 is 1.86. The summed E-state index contributed by atoms with van der Waals surface area (Å²) in [7, 11) is 0. The Hall–Kier alpha value is -7.02. The van der Waals surface area contributed by atoms with Crippen LogP contribution in [0, 0.1) is 0 Å². The van der Waals surface area contributed by atoms with Crippen molar-refractivity contribution in [1.29, 1.82) is 0 Å². The van der Waals surface area contributed by atoms with Crippen molar-refractivity contribution in [2.45, 2.75) is 6.17 Å². The summed E-state index contributed by atoms with van der Waals surface area (Å²) in [6, 6.07) is 60.0. The quantitative estimate of drug-likeness (QED) is 0.197. The zero-order valence-electron chi connectivity index (χ0n) is 29.4. The van der Waals surface area contributed by atoms with Crippen molar-refractivity contribution in [1.82, 2.24) is 9.88 Å². The predicted molar refractivity (Wildman–Crippen MR) is 230 cm³/mol. The molecule has 11 aromatic rings. The Morgan fingerprint density at radius 1 is 0.582 bits per heavy atom. The van der Waals surface area contributed by atoms with Gasteiger partial charge in [-0.15, -0.1) is 11.3 Å². The van der Waals surface area contributed by atoms with Crippen molar-refractivity contribution in [2.75, 3.05) is 0 Å². The Labute approximate surface area is 319 Å². The number of aliphatic imine (C=N–C) groups is 2. The van der Waals surface area contributed by atoms with Gasteiger partial charge in [0, 0.05) is 42.6 Å². The highest BCUT2D eigenvalue weighted by Gasteiger charge is 2.27. The molecule has 4 heterocycles. The first-order chi connectivity index (χ1) is 27.3. The number of amidine groups is 2. The van der Waals surface area contributed by atoms with Crippen LogP contribution < -0.4 is 5.32 Å². The van der Waals surface area contributed by atoms with Crippen molar-refractivity contribution in [3.63, 3.8) is 0 Å². The maximum atomic E-state index is 7.27. The third kappa shape index (κ3) is 4.52. The molecule has 1 aliphatic rings. The minimum Gasteiger partial charge on any atom is -0.453 e. The van der Waals surface area contributed by atoms with E-state index in [-0.39, 0.29) is 6.17 Å². The molecular weight excluding hydrogens is 693 g/mol. The van der Waals surface area contributed by atoms with Gasteiger partial charge < -0.3 is 14.3 Å². The molecule has 0 amide bonds. The topological polar surface area (TPSA) is 54.8 Å². The third-order valence-electron chi connectivity index (χ3n) is 11.0. The molecular formula is C49H30N4OS. The van der Waals surface area contributed by atoms with Crippen LogP contribution in [0.25, 0.3) is 80.4 Å². The van der Waals surface area contributed by atoms with E-state index in [1.807, 2.05) is 35.6 Å². The SMILES string of the molecule is c1ccc(C2=NC(c3ccccc3)NC(c3cc4ccccc4c4c3oc3c(-n5c6ccccc6c6ccc7c8ccccc8sc7c65)cccc34)=N2)cc1. The molecule has 0 saturated heterocycles. The molecule has 1 unspecified atom stereocenters. The Bertz CT molecular complexity index is 3410. The number of nitrogens with zero attached hydrogens (tertiary/aromatic N) is 3. The summed E-state index contributed by atoms with van der Waals surface area (Å²) in [6.07, 6.45) is -0.327. The highest BCUT2D eigenvalue weighted by molar-refractivity contribution is 7.26. The van der Waals surface area contributed by atoms with Gasteiger partial charge in [0.25, 0.3) is 0 Å². The second kappa shape index (κ2) is 11.7. The largest absolute Gasteiger partial charge is 0.453 e. The van der Waals surface area contributed by atoms with E-state index in [0.29, 0.717) is 5.84 Å². The van der Waals surface area contributed by atoms with Gasteiger partial charge in [-0.25, -0.2) is 9.98 Å². The Morgan fingerprint density at radius 2 is 1.29 bits per heavy atom. The van der Waals surface area contributed by atoms with E-state index in [0.717, 1.165) is 66.4 Å². The Kier molecular flexibility index (Phi) is 6.50. The molecule has 5 nitrogen and oxygen atoms in total. The van der Waals surface area contributed by atoms with Gasteiger partial charge in [0.2, 0.25) is 0 Å². The zero-order chi connectivity index (χ0) is 36.0. The van der Waals surface area contributed by atoms with Crippen LogP contribution in [0.1, 0.15) is 22.9 Å². The third-order valence-corrected chi connectivity index (χ3v) is 12.2. The maximum absolute atomic E-state index is 7.27. The van der Waals surface area contributed by atoms with Gasteiger partial charge >= 0.3 is 0 Å². The van der Waals surface area contributed by atoms with Crippen molar-refractivity contribution in [2.24, 2.45) is 9.98 Å². The molecule has 0 saturated carbocycles. The lowest BCUT2D eigenvalue weighted by atomic mass is 9.99. The van der Waals surface area contributed by atoms with E-state index in [1.54, 1.807) is 0 Å². The number of thiophene rings is 1. The molecule has 6 heteroatoms. The standard InChI is InChI=1S/C49H30N4OS/c1-3-14-29(15-4-1)47-50-48(30-16-5-2-6-17-30)52-49(51-47)38-28-31-18-7-8-19-32(31)42-37-22-13-24-40(44(37)54-45(38)42)53-39-23-11-9-20-33(39)35-26-27-36-34-21-10-12-25-41(34)55-46(36)43(35)53/h1-28,47H,(H,50,51,52). The molecule has 8 aromatic carbocycles. The maximum Gasteiger partial charge on any atom is 0.159 e. The van der Waals surface area contributed by atoms with Gasteiger partial charge in [0.1, 0.15) is 17.6 Å². The van der Waals surface area contributed by atoms with Gasteiger partial charge in [0.05, 0.1) is 27.0 Å². The summed E-state index contributed by atoms with van der Waals surface area (Å²) in [4.78, 5) is 10.3. The van der Waals surface area contributed by atoms with Gasteiger partial charge in [-0.3, -0.25) is 0 Å². The first-order valence-corrected chi connectivity index (χ1v) is 19.3. The number of hydrogen-bond acceptors (Lipinski definition) is 5. The minimum atomic E-state index is -0.327. The van der Waals surface area contributed by atoms with E-state index in [2.05, 4.69) is 155 Å². The van der Waals surface area contributed by atoms with Gasteiger partial charge in [-0.05, 0) is 40.6 Å². The summed E-state index contributed by atoms with van der Waals surface area (Å²) in [5.74, 6) is 1.40. The molecule has 0 bridgehead atoms. The summed E-state index contributed by atoms with van der Waals surface area (Å²) in [6.45, 7) is 0. The Balaban J connectivity index is 1.17. The smallest absolute Gasteiger partial charge is 0.159 e. The minimum absolute atomic E-state index is 0.327. The molecule has 55 heavy (non-hydrogen) atoms. The van der Waals surface area contributed by atoms with Crippen LogP contribution in [0.3, 0.4) is 0 Å². The lowest BCUT2D eigenvalue weighted by Crippen LogP contribution is -2.33. The summed E-state index contributed by atoms with van der Waals surface area (Å²) in [5, 5.41) is 13.1. The second-order valence-corrected chi connectivity index (χ2v) is 15.2. The number of nitrogens with one attached hydrogen (secondary N) is 1.